The molecule has 0 N–H and O–H groups in total. The molecule has 0 aliphatic carbocycles. The molecule has 164 valence electrons. The quantitative estimate of drug-likeness (QED) is 0.515. The number of benzene rings is 2. The first-order chi connectivity index (χ1) is 15.7. The highest BCUT2D eigenvalue weighted by Gasteiger charge is 2.40. The molecule has 0 unspecified atom stereocenters. The first-order valence-electron chi connectivity index (χ1n) is 11.0. The maximum atomic E-state index is 13.2. The number of methoxy groups -OCH3 is 1. The van der Waals surface area contributed by atoms with Crippen LogP contribution in [0.1, 0.15) is 29.7 Å². The Morgan fingerprint density at radius 3 is 2.66 bits per heavy atom. The number of nitriles is 1. The van der Waals surface area contributed by atoms with Gasteiger partial charge < -0.3 is 14.2 Å². The molecule has 6 heteroatoms. The van der Waals surface area contributed by atoms with E-state index in [0.717, 1.165) is 42.8 Å². The van der Waals surface area contributed by atoms with Gasteiger partial charge in [-0.1, -0.05) is 30.3 Å². The number of ether oxygens (including phenoxy) is 1. The van der Waals surface area contributed by atoms with Gasteiger partial charge in [0.15, 0.2) is 0 Å². The number of para-hydroxylation sites is 1. The van der Waals surface area contributed by atoms with Crippen LogP contribution in [0.3, 0.4) is 0 Å². The Morgan fingerprint density at radius 1 is 1.16 bits per heavy atom. The summed E-state index contributed by atoms with van der Waals surface area (Å²) in [6.07, 6.45) is 6.36. The fraction of sp³-hybridized carbons (Fsp3) is 0.346. The predicted octanol–water partition coefficient (Wildman–Crippen LogP) is 4.05. The lowest BCUT2D eigenvalue weighted by Crippen LogP contribution is -2.26. The van der Waals surface area contributed by atoms with Crippen molar-refractivity contribution in [2.24, 2.45) is 11.8 Å². The van der Waals surface area contributed by atoms with Crippen molar-refractivity contribution >= 4 is 11.6 Å². The van der Waals surface area contributed by atoms with Gasteiger partial charge in [0.05, 0.1) is 24.6 Å². The largest absolute Gasteiger partial charge is 0.384 e. The summed E-state index contributed by atoms with van der Waals surface area (Å²) in [6, 6.07) is 19.7. The molecule has 1 fully saturated rings. The average Bonchev–Trinajstić information content (AvgIpc) is 3.39. The molecular weight excluding hydrogens is 400 g/mol. The van der Waals surface area contributed by atoms with E-state index in [1.807, 2.05) is 72.0 Å². The second-order valence-corrected chi connectivity index (χ2v) is 8.32. The highest BCUT2D eigenvalue weighted by molar-refractivity contribution is 5.97. The van der Waals surface area contributed by atoms with E-state index >= 15 is 0 Å². The second kappa shape index (κ2) is 10.3. The number of nitrogens with zero attached hydrogens (tertiary/aromatic N) is 4. The zero-order valence-corrected chi connectivity index (χ0v) is 18.4. The van der Waals surface area contributed by atoms with Crippen molar-refractivity contribution in [3.63, 3.8) is 0 Å². The van der Waals surface area contributed by atoms with Crippen LogP contribution in [-0.2, 0) is 22.5 Å². The minimum absolute atomic E-state index is 0.0231. The summed E-state index contributed by atoms with van der Waals surface area (Å²) in [5.74, 6) is 0.380. The monoisotopic (exact) mass is 428 g/mol. The number of amides is 1. The molecule has 0 radical (unpaired) electrons. The molecule has 1 saturated heterocycles. The molecule has 32 heavy (non-hydrogen) atoms. The molecule has 1 aliphatic heterocycles. The first kappa shape index (κ1) is 21.8. The van der Waals surface area contributed by atoms with Crippen LogP contribution < -0.4 is 4.90 Å². The lowest BCUT2D eigenvalue weighted by molar-refractivity contribution is -0.121. The number of carbonyl (C=O) groups excluding carboxylic acids is 1. The summed E-state index contributed by atoms with van der Waals surface area (Å²) in [5, 5.41) is 8.97. The van der Waals surface area contributed by atoms with Crippen molar-refractivity contribution in [2.75, 3.05) is 25.2 Å². The van der Waals surface area contributed by atoms with Gasteiger partial charge >= 0.3 is 0 Å². The molecule has 0 bridgehead atoms. The van der Waals surface area contributed by atoms with Crippen molar-refractivity contribution in [3.8, 4) is 6.07 Å². The molecule has 0 saturated carbocycles. The third-order valence-corrected chi connectivity index (χ3v) is 6.20. The molecule has 1 aliphatic rings. The second-order valence-electron chi connectivity index (χ2n) is 8.32. The fourth-order valence-electron chi connectivity index (χ4n) is 4.52. The molecule has 0 spiro atoms. The Balaban J connectivity index is 1.37. The summed E-state index contributed by atoms with van der Waals surface area (Å²) < 4.78 is 7.57. The fourth-order valence-corrected chi connectivity index (χ4v) is 4.52. The topological polar surface area (TPSA) is 71.2 Å². The number of anilines is 1. The zero-order chi connectivity index (χ0) is 22.3. The minimum atomic E-state index is -0.0231. The van der Waals surface area contributed by atoms with Gasteiger partial charge in [0.2, 0.25) is 5.91 Å². The first-order valence-corrected chi connectivity index (χ1v) is 11.0. The van der Waals surface area contributed by atoms with E-state index in [4.69, 9.17) is 10.00 Å². The summed E-state index contributed by atoms with van der Waals surface area (Å²) in [4.78, 5) is 19.4. The lowest BCUT2D eigenvalue weighted by Gasteiger charge is -2.16. The Kier molecular flexibility index (Phi) is 6.98. The molecule has 2 aromatic carbocycles. The molecule has 2 heterocycles. The number of hydrogen-bond donors (Lipinski definition) is 0. The van der Waals surface area contributed by atoms with Gasteiger partial charge in [-0.25, -0.2) is 4.98 Å². The maximum absolute atomic E-state index is 13.2. The Morgan fingerprint density at radius 2 is 1.94 bits per heavy atom. The Bertz CT molecular complexity index is 1070. The SMILES string of the molecule is COC[C@@H]1CN(c2ccccc2)C(=O)[C@H]1CCCc1cncn1Cc1ccc(C#N)cc1. The average molecular weight is 429 g/mol. The standard InChI is InChI=1S/C26H28N4O2/c1-32-18-22-17-30(23-6-3-2-4-7-23)26(31)25(22)9-5-8-24-15-28-19-29(24)16-21-12-10-20(14-27)11-13-21/h2-4,6-7,10-13,15,19,22,25H,5,8-9,16-18H2,1H3/t22-,25-/m0/s1. The number of carbonyl (C=O) groups is 1. The van der Waals surface area contributed by atoms with Crippen molar-refractivity contribution in [3.05, 3.63) is 83.9 Å². The zero-order valence-electron chi connectivity index (χ0n) is 18.4. The summed E-state index contributed by atoms with van der Waals surface area (Å²) in [6.45, 7) is 2.02. The van der Waals surface area contributed by atoms with Gasteiger partial charge in [0.1, 0.15) is 0 Å². The van der Waals surface area contributed by atoms with Crippen molar-refractivity contribution in [1.82, 2.24) is 9.55 Å². The molecular formula is C26H28N4O2. The normalized spacial score (nSPS) is 18.1. The smallest absolute Gasteiger partial charge is 0.230 e. The van der Waals surface area contributed by atoms with E-state index in [9.17, 15) is 4.79 Å². The summed E-state index contributed by atoms with van der Waals surface area (Å²) >= 11 is 0. The van der Waals surface area contributed by atoms with Crippen LogP contribution in [0.15, 0.2) is 67.1 Å². The van der Waals surface area contributed by atoms with Gasteiger partial charge in [0, 0.05) is 49.6 Å². The molecule has 4 rings (SSSR count). The number of hydrogen-bond acceptors (Lipinski definition) is 4. The Labute approximate surface area is 189 Å². The van der Waals surface area contributed by atoms with Crippen LogP contribution in [0, 0.1) is 23.2 Å². The number of aryl methyl sites for hydroxylation is 1. The summed E-state index contributed by atoms with van der Waals surface area (Å²) in [5.41, 5.74) is 3.91. The van der Waals surface area contributed by atoms with Crippen LogP contribution in [0.25, 0.3) is 0 Å². The van der Waals surface area contributed by atoms with Crippen molar-refractivity contribution in [1.29, 1.82) is 5.26 Å². The number of imidazole rings is 1. The molecule has 3 aromatic rings. The molecule has 2 atom stereocenters. The minimum Gasteiger partial charge on any atom is -0.384 e. The third kappa shape index (κ3) is 4.90. The van der Waals surface area contributed by atoms with Crippen LogP contribution in [-0.4, -0.2) is 35.7 Å². The lowest BCUT2D eigenvalue weighted by atomic mass is 9.91. The van der Waals surface area contributed by atoms with Gasteiger partial charge in [-0.2, -0.15) is 5.26 Å². The van der Waals surface area contributed by atoms with E-state index in [2.05, 4.69) is 15.6 Å². The van der Waals surface area contributed by atoms with E-state index in [0.29, 0.717) is 18.7 Å². The molecule has 6 nitrogen and oxygen atoms in total. The summed E-state index contributed by atoms with van der Waals surface area (Å²) in [7, 11) is 1.70. The van der Waals surface area contributed by atoms with E-state index in [-0.39, 0.29) is 17.7 Å². The highest BCUT2D eigenvalue weighted by Crippen LogP contribution is 2.33. The Hall–Kier alpha value is -3.43. The maximum Gasteiger partial charge on any atom is 0.230 e. The number of rotatable bonds is 9. The van der Waals surface area contributed by atoms with E-state index < -0.39 is 0 Å². The van der Waals surface area contributed by atoms with Crippen molar-refractivity contribution in [2.45, 2.75) is 25.8 Å². The molecule has 1 aromatic heterocycles. The van der Waals surface area contributed by atoms with Crippen LogP contribution in [0.4, 0.5) is 5.69 Å². The van der Waals surface area contributed by atoms with Gasteiger partial charge in [0.25, 0.3) is 0 Å². The van der Waals surface area contributed by atoms with Gasteiger partial charge in [-0.3, -0.25) is 4.79 Å². The highest BCUT2D eigenvalue weighted by atomic mass is 16.5. The van der Waals surface area contributed by atoms with Crippen LogP contribution in [0.2, 0.25) is 0 Å². The van der Waals surface area contributed by atoms with E-state index in [1.165, 1.54) is 0 Å². The number of aromatic nitrogens is 2. The third-order valence-electron chi connectivity index (χ3n) is 6.20. The predicted molar refractivity (Wildman–Crippen MR) is 123 cm³/mol. The van der Waals surface area contributed by atoms with Crippen LogP contribution >= 0.6 is 0 Å². The molecule has 1 amide bonds. The van der Waals surface area contributed by atoms with Gasteiger partial charge in [-0.05, 0) is 49.1 Å². The van der Waals surface area contributed by atoms with Gasteiger partial charge in [-0.15, -0.1) is 0 Å². The van der Waals surface area contributed by atoms with Crippen molar-refractivity contribution < 1.29 is 9.53 Å². The van der Waals surface area contributed by atoms with E-state index in [1.54, 1.807) is 7.11 Å². The van der Waals surface area contributed by atoms with Crippen LogP contribution in [0.5, 0.6) is 0 Å².